The lowest BCUT2D eigenvalue weighted by Gasteiger charge is -2.25. The van der Waals surface area contributed by atoms with Gasteiger partial charge >= 0.3 is 0 Å². The Morgan fingerprint density at radius 1 is 1.53 bits per heavy atom. The molecule has 0 radical (unpaired) electrons. The quantitative estimate of drug-likeness (QED) is 0.862. The molecule has 6 heteroatoms. The van der Waals surface area contributed by atoms with E-state index in [1.807, 2.05) is 37.1 Å². The molecule has 5 nitrogen and oxygen atoms in total. The fourth-order valence-electron chi connectivity index (χ4n) is 1.92. The lowest BCUT2D eigenvalue weighted by atomic mass is 10.2. The van der Waals surface area contributed by atoms with Crippen molar-refractivity contribution in [3.63, 3.8) is 0 Å². The Bertz CT molecular complexity index is 559. The predicted molar refractivity (Wildman–Crippen MR) is 75.1 cm³/mol. The minimum Gasteiger partial charge on any atom is -0.328 e. The predicted octanol–water partition coefficient (Wildman–Crippen LogP) is 2.24. The Hall–Kier alpha value is -1.69. The van der Waals surface area contributed by atoms with Gasteiger partial charge in [0.2, 0.25) is 0 Å². The molecule has 0 aliphatic carbocycles. The number of nitrogens with zero attached hydrogens (tertiary/aromatic N) is 4. The van der Waals surface area contributed by atoms with Gasteiger partial charge in [-0.2, -0.15) is 5.10 Å². The highest BCUT2D eigenvalue weighted by Crippen LogP contribution is 2.15. The van der Waals surface area contributed by atoms with Gasteiger partial charge in [-0.15, -0.1) is 11.3 Å². The molecule has 19 heavy (non-hydrogen) atoms. The fraction of sp³-hybridized carbons (Fsp3) is 0.462. The average Bonchev–Trinajstić information content (AvgIpc) is 2.94. The Balaban J connectivity index is 2.24. The van der Waals surface area contributed by atoms with E-state index in [1.165, 1.54) is 0 Å². The maximum atomic E-state index is 12.6. The van der Waals surface area contributed by atoms with Crippen molar-refractivity contribution in [2.24, 2.45) is 7.05 Å². The zero-order chi connectivity index (χ0) is 14.0. The van der Waals surface area contributed by atoms with Gasteiger partial charge in [-0.05, 0) is 26.8 Å². The van der Waals surface area contributed by atoms with Crippen LogP contribution in [0.2, 0.25) is 0 Å². The summed E-state index contributed by atoms with van der Waals surface area (Å²) < 4.78 is 1.63. The third-order valence-corrected chi connectivity index (χ3v) is 3.66. The molecule has 0 fully saturated rings. The van der Waals surface area contributed by atoms with Crippen LogP contribution in [0.1, 0.15) is 35.0 Å². The van der Waals surface area contributed by atoms with Crippen molar-refractivity contribution < 1.29 is 4.79 Å². The molecule has 2 aromatic rings. The summed E-state index contributed by atoms with van der Waals surface area (Å²) in [7, 11) is 1.79. The summed E-state index contributed by atoms with van der Waals surface area (Å²) in [4.78, 5) is 18.6. The minimum absolute atomic E-state index is 0.00620. The van der Waals surface area contributed by atoms with Gasteiger partial charge in [0.15, 0.2) is 0 Å². The van der Waals surface area contributed by atoms with Crippen LogP contribution in [0.3, 0.4) is 0 Å². The number of carbonyl (C=O) groups is 1. The van der Waals surface area contributed by atoms with E-state index in [-0.39, 0.29) is 11.9 Å². The van der Waals surface area contributed by atoms with Gasteiger partial charge in [0, 0.05) is 24.7 Å². The van der Waals surface area contributed by atoms with Crippen LogP contribution in [0.25, 0.3) is 0 Å². The van der Waals surface area contributed by atoms with Gasteiger partial charge in [0.1, 0.15) is 10.7 Å². The molecule has 0 unspecified atom stereocenters. The number of hydrogen-bond donors (Lipinski definition) is 0. The van der Waals surface area contributed by atoms with Crippen LogP contribution in [0.4, 0.5) is 0 Å². The summed E-state index contributed by atoms with van der Waals surface area (Å²) in [6.45, 7) is 6.44. The molecular weight excluding hydrogens is 260 g/mol. The average molecular weight is 278 g/mol. The Morgan fingerprint density at radius 3 is 2.74 bits per heavy atom. The largest absolute Gasteiger partial charge is 0.328 e. The second kappa shape index (κ2) is 5.52. The van der Waals surface area contributed by atoms with E-state index in [0.29, 0.717) is 12.2 Å². The van der Waals surface area contributed by atoms with Gasteiger partial charge in [-0.25, -0.2) is 4.98 Å². The fourth-order valence-corrected chi connectivity index (χ4v) is 2.54. The monoisotopic (exact) mass is 278 g/mol. The van der Waals surface area contributed by atoms with Crippen molar-refractivity contribution in [1.29, 1.82) is 0 Å². The number of thiazole rings is 1. The summed E-state index contributed by atoms with van der Waals surface area (Å²) in [5.41, 5.74) is 1.46. The van der Waals surface area contributed by atoms with Crippen LogP contribution in [0.5, 0.6) is 0 Å². The number of hydrogen-bond acceptors (Lipinski definition) is 4. The molecule has 1 amide bonds. The highest BCUT2D eigenvalue weighted by atomic mass is 32.1. The molecule has 0 aromatic carbocycles. The molecular formula is C13H18N4OS. The molecule has 102 valence electrons. The first-order chi connectivity index (χ1) is 8.99. The van der Waals surface area contributed by atoms with Crippen molar-refractivity contribution in [2.45, 2.75) is 33.4 Å². The molecule has 0 spiro atoms. The van der Waals surface area contributed by atoms with E-state index < -0.39 is 0 Å². The Kier molecular flexibility index (Phi) is 3.99. The Morgan fingerprint density at radius 2 is 2.26 bits per heavy atom. The lowest BCUT2D eigenvalue weighted by Crippen LogP contribution is -2.37. The number of aromatic nitrogens is 3. The molecule has 2 heterocycles. The first-order valence-electron chi connectivity index (χ1n) is 6.19. The van der Waals surface area contributed by atoms with Gasteiger partial charge < -0.3 is 4.90 Å². The molecule has 2 aromatic heterocycles. The summed E-state index contributed by atoms with van der Waals surface area (Å²) in [6, 6.07) is 1.94. The lowest BCUT2D eigenvalue weighted by molar-refractivity contribution is 0.0679. The number of rotatable bonds is 4. The van der Waals surface area contributed by atoms with Gasteiger partial charge in [-0.1, -0.05) is 0 Å². The first kappa shape index (κ1) is 13.7. The molecule has 0 saturated carbocycles. The van der Waals surface area contributed by atoms with Crippen molar-refractivity contribution in [2.75, 3.05) is 0 Å². The van der Waals surface area contributed by atoms with E-state index in [4.69, 9.17) is 0 Å². The maximum absolute atomic E-state index is 12.6. The molecule has 0 N–H and O–H groups in total. The second-order valence-corrected chi connectivity index (χ2v) is 5.73. The standard InChI is InChI=1S/C13H18N4OS/c1-9(2)17(8-12-14-5-6-19-12)13(18)11-7-10(3)15-16(11)4/h5-7,9H,8H2,1-4H3. The second-order valence-electron chi connectivity index (χ2n) is 4.75. The molecule has 0 aliphatic rings. The van der Waals surface area contributed by atoms with Crippen molar-refractivity contribution in [1.82, 2.24) is 19.7 Å². The summed E-state index contributed by atoms with van der Waals surface area (Å²) >= 11 is 1.56. The first-order valence-corrected chi connectivity index (χ1v) is 7.07. The number of aryl methyl sites for hydroxylation is 2. The molecule has 0 aliphatic heterocycles. The topological polar surface area (TPSA) is 51.0 Å². The van der Waals surface area contributed by atoms with Crippen LogP contribution in [0, 0.1) is 6.92 Å². The summed E-state index contributed by atoms with van der Waals surface area (Å²) in [5.74, 6) is -0.00620. The van der Waals surface area contributed by atoms with Gasteiger partial charge in [0.25, 0.3) is 5.91 Å². The third-order valence-electron chi connectivity index (χ3n) is 2.89. The van der Waals surface area contributed by atoms with Crippen molar-refractivity contribution >= 4 is 17.2 Å². The van der Waals surface area contributed by atoms with Crippen LogP contribution >= 0.6 is 11.3 Å². The highest BCUT2D eigenvalue weighted by molar-refractivity contribution is 7.09. The van der Waals surface area contributed by atoms with Crippen molar-refractivity contribution in [3.05, 3.63) is 34.0 Å². The van der Waals surface area contributed by atoms with E-state index in [9.17, 15) is 4.79 Å². The van der Waals surface area contributed by atoms with Crippen LogP contribution in [-0.2, 0) is 13.6 Å². The molecule has 2 rings (SSSR count). The Labute approximate surface area is 116 Å². The van der Waals surface area contributed by atoms with E-state index in [0.717, 1.165) is 10.7 Å². The van der Waals surface area contributed by atoms with E-state index in [2.05, 4.69) is 10.1 Å². The van der Waals surface area contributed by atoms with Crippen LogP contribution < -0.4 is 0 Å². The normalized spacial score (nSPS) is 11.0. The number of amides is 1. The highest BCUT2D eigenvalue weighted by Gasteiger charge is 2.22. The van der Waals surface area contributed by atoms with Crippen LogP contribution in [-0.4, -0.2) is 31.6 Å². The van der Waals surface area contributed by atoms with E-state index in [1.54, 1.807) is 29.3 Å². The molecule has 0 saturated heterocycles. The van der Waals surface area contributed by atoms with Crippen LogP contribution in [0.15, 0.2) is 17.6 Å². The van der Waals surface area contributed by atoms with Crippen molar-refractivity contribution in [3.8, 4) is 0 Å². The SMILES string of the molecule is Cc1cc(C(=O)N(Cc2nccs2)C(C)C)n(C)n1. The maximum Gasteiger partial charge on any atom is 0.272 e. The smallest absolute Gasteiger partial charge is 0.272 e. The summed E-state index contributed by atoms with van der Waals surface area (Å²) in [5, 5.41) is 7.10. The van der Waals surface area contributed by atoms with Gasteiger partial charge in [-0.3, -0.25) is 9.48 Å². The summed E-state index contributed by atoms with van der Waals surface area (Å²) in [6.07, 6.45) is 1.76. The van der Waals surface area contributed by atoms with E-state index >= 15 is 0 Å². The zero-order valence-corrected chi connectivity index (χ0v) is 12.4. The molecule has 0 bridgehead atoms. The zero-order valence-electron chi connectivity index (χ0n) is 11.6. The van der Waals surface area contributed by atoms with Gasteiger partial charge in [0.05, 0.1) is 12.2 Å². The minimum atomic E-state index is -0.00620. The third kappa shape index (κ3) is 3.01. The molecule has 0 atom stereocenters. The number of carbonyl (C=O) groups excluding carboxylic acids is 1.